The van der Waals surface area contributed by atoms with Crippen LogP contribution in [-0.2, 0) is 4.79 Å². The minimum atomic E-state index is -0.144. The number of amides is 1. The van der Waals surface area contributed by atoms with Crippen molar-refractivity contribution in [2.45, 2.75) is 26.3 Å². The van der Waals surface area contributed by atoms with Gasteiger partial charge in [-0.25, -0.2) is 0 Å². The standard InChI is InChI=1S/C14H22N2O3/c1-3-18-12-4-6-13(7-5-12)19-10-14(17)16-9-8-11(2)15/h4-7,11H,3,8-10,15H2,1-2H3,(H,16,17). The van der Waals surface area contributed by atoms with Gasteiger partial charge in [-0.2, -0.15) is 0 Å². The summed E-state index contributed by atoms with van der Waals surface area (Å²) in [5, 5.41) is 2.75. The van der Waals surface area contributed by atoms with Crippen molar-refractivity contribution in [3.05, 3.63) is 24.3 Å². The molecule has 0 aromatic heterocycles. The van der Waals surface area contributed by atoms with E-state index in [1.54, 1.807) is 12.1 Å². The van der Waals surface area contributed by atoms with E-state index in [9.17, 15) is 4.79 Å². The fraction of sp³-hybridized carbons (Fsp3) is 0.500. The van der Waals surface area contributed by atoms with Gasteiger partial charge in [0.1, 0.15) is 11.5 Å². The van der Waals surface area contributed by atoms with E-state index in [1.165, 1.54) is 0 Å². The van der Waals surface area contributed by atoms with Crippen molar-refractivity contribution in [2.75, 3.05) is 19.8 Å². The maximum Gasteiger partial charge on any atom is 0.257 e. The minimum Gasteiger partial charge on any atom is -0.494 e. The predicted molar refractivity (Wildman–Crippen MR) is 74.4 cm³/mol. The highest BCUT2D eigenvalue weighted by Gasteiger charge is 2.03. The van der Waals surface area contributed by atoms with E-state index in [-0.39, 0.29) is 18.6 Å². The molecule has 0 spiro atoms. The van der Waals surface area contributed by atoms with E-state index < -0.39 is 0 Å². The average molecular weight is 266 g/mol. The van der Waals surface area contributed by atoms with E-state index in [1.807, 2.05) is 26.0 Å². The quantitative estimate of drug-likeness (QED) is 0.744. The average Bonchev–Trinajstić information content (AvgIpc) is 2.38. The SMILES string of the molecule is CCOc1ccc(OCC(=O)NCCC(C)N)cc1. The maximum absolute atomic E-state index is 11.5. The van der Waals surface area contributed by atoms with E-state index in [0.717, 1.165) is 12.2 Å². The van der Waals surface area contributed by atoms with E-state index in [2.05, 4.69) is 5.32 Å². The van der Waals surface area contributed by atoms with Crippen molar-refractivity contribution in [3.8, 4) is 11.5 Å². The fourth-order valence-electron chi connectivity index (χ4n) is 1.44. The van der Waals surface area contributed by atoms with Crippen LogP contribution in [0.1, 0.15) is 20.3 Å². The molecule has 5 heteroatoms. The molecule has 1 rings (SSSR count). The van der Waals surface area contributed by atoms with Gasteiger partial charge in [0, 0.05) is 12.6 Å². The van der Waals surface area contributed by atoms with Gasteiger partial charge in [-0.15, -0.1) is 0 Å². The predicted octanol–water partition coefficient (Wildman–Crippen LogP) is 1.32. The number of carbonyl (C=O) groups excluding carboxylic acids is 1. The smallest absolute Gasteiger partial charge is 0.257 e. The number of hydrogen-bond donors (Lipinski definition) is 2. The van der Waals surface area contributed by atoms with Crippen molar-refractivity contribution >= 4 is 5.91 Å². The number of nitrogens with two attached hydrogens (primary N) is 1. The van der Waals surface area contributed by atoms with Crippen molar-refractivity contribution in [2.24, 2.45) is 5.73 Å². The van der Waals surface area contributed by atoms with E-state index >= 15 is 0 Å². The van der Waals surface area contributed by atoms with Crippen molar-refractivity contribution in [1.29, 1.82) is 0 Å². The molecule has 0 saturated carbocycles. The Morgan fingerprint density at radius 1 is 1.26 bits per heavy atom. The summed E-state index contributed by atoms with van der Waals surface area (Å²) in [6.45, 7) is 5.04. The molecule has 1 unspecified atom stereocenters. The molecular formula is C14H22N2O3. The number of rotatable bonds is 8. The Morgan fingerprint density at radius 3 is 2.37 bits per heavy atom. The molecule has 1 aromatic rings. The first-order valence-electron chi connectivity index (χ1n) is 6.49. The third-order valence-electron chi connectivity index (χ3n) is 2.43. The van der Waals surface area contributed by atoms with Crippen LogP contribution < -0.4 is 20.5 Å². The zero-order chi connectivity index (χ0) is 14.1. The first-order valence-corrected chi connectivity index (χ1v) is 6.49. The zero-order valence-corrected chi connectivity index (χ0v) is 11.5. The van der Waals surface area contributed by atoms with Crippen molar-refractivity contribution in [3.63, 3.8) is 0 Å². The van der Waals surface area contributed by atoms with Gasteiger partial charge < -0.3 is 20.5 Å². The highest BCUT2D eigenvalue weighted by molar-refractivity contribution is 5.77. The number of benzene rings is 1. The molecule has 0 aliphatic carbocycles. The molecule has 3 N–H and O–H groups in total. The summed E-state index contributed by atoms with van der Waals surface area (Å²) in [5.41, 5.74) is 5.59. The maximum atomic E-state index is 11.5. The highest BCUT2D eigenvalue weighted by atomic mass is 16.5. The summed E-state index contributed by atoms with van der Waals surface area (Å²) in [4.78, 5) is 11.5. The van der Waals surface area contributed by atoms with Gasteiger partial charge in [0.15, 0.2) is 6.61 Å². The molecule has 0 aliphatic rings. The lowest BCUT2D eigenvalue weighted by atomic mass is 10.2. The Kier molecular flexibility index (Phi) is 6.74. The number of nitrogens with one attached hydrogen (secondary N) is 1. The van der Waals surface area contributed by atoms with Crippen LogP contribution in [0.3, 0.4) is 0 Å². The number of hydrogen-bond acceptors (Lipinski definition) is 4. The minimum absolute atomic E-state index is 0.00688. The van der Waals surface area contributed by atoms with E-state index in [0.29, 0.717) is 18.9 Å². The molecule has 0 heterocycles. The Balaban J connectivity index is 2.25. The molecule has 1 amide bonds. The summed E-state index contributed by atoms with van der Waals surface area (Å²) in [6.07, 6.45) is 0.759. The van der Waals surface area contributed by atoms with Crippen LogP contribution >= 0.6 is 0 Å². The topological polar surface area (TPSA) is 73.6 Å². The van der Waals surface area contributed by atoms with Crippen molar-refractivity contribution in [1.82, 2.24) is 5.32 Å². The lowest BCUT2D eigenvalue weighted by molar-refractivity contribution is -0.123. The molecule has 0 radical (unpaired) electrons. The lowest BCUT2D eigenvalue weighted by Crippen LogP contribution is -2.32. The molecule has 1 atom stereocenters. The molecule has 0 saturated heterocycles. The Bertz CT molecular complexity index is 377. The normalized spacial score (nSPS) is 11.7. The van der Waals surface area contributed by atoms with Crippen LogP contribution in [0.2, 0.25) is 0 Å². The van der Waals surface area contributed by atoms with Gasteiger partial charge in [-0.1, -0.05) is 0 Å². The molecule has 0 aliphatic heterocycles. The zero-order valence-electron chi connectivity index (χ0n) is 11.5. The largest absolute Gasteiger partial charge is 0.494 e. The second-order valence-electron chi connectivity index (χ2n) is 4.31. The summed E-state index contributed by atoms with van der Waals surface area (Å²) >= 11 is 0. The monoisotopic (exact) mass is 266 g/mol. The molecule has 106 valence electrons. The van der Waals surface area contributed by atoms with Crippen molar-refractivity contribution < 1.29 is 14.3 Å². The van der Waals surface area contributed by atoms with Crippen LogP contribution in [0.15, 0.2) is 24.3 Å². The Labute approximate surface area is 114 Å². The van der Waals surface area contributed by atoms with Crippen LogP contribution in [0.5, 0.6) is 11.5 Å². The molecule has 0 bridgehead atoms. The molecule has 0 fully saturated rings. The fourth-order valence-corrected chi connectivity index (χ4v) is 1.44. The molecule has 19 heavy (non-hydrogen) atoms. The third-order valence-corrected chi connectivity index (χ3v) is 2.43. The summed E-state index contributed by atoms with van der Waals surface area (Å²) in [7, 11) is 0. The highest BCUT2D eigenvalue weighted by Crippen LogP contribution is 2.17. The molecule has 5 nitrogen and oxygen atoms in total. The first kappa shape index (κ1) is 15.3. The Hall–Kier alpha value is -1.75. The van der Waals surface area contributed by atoms with Gasteiger partial charge >= 0.3 is 0 Å². The Morgan fingerprint density at radius 2 is 1.84 bits per heavy atom. The van der Waals surface area contributed by atoms with Gasteiger partial charge in [0.2, 0.25) is 0 Å². The summed E-state index contributed by atoms with van der Waals surface area (Å²) in [6, 6.07) is 7.27. The van der Waals surface area contributed by atoms with Gasteiger partial charge in [0.25, 0.3) is 5.91 Å². The van der Waals surface area contributed by atoms with Crippen LogP contribution in [0.4, 0.5) is 0 Å². The second-order valence-corrected chi connectivity index (χ2v) is 4.31. The summed E-state index contributed by atoms with van der Waals surface area (Å²) in [5.74, 6) is 1.29. The number of ether oxygens (including phenoxy) is 2. The number of carbonyl (C=O) groups is 1. The molecule has 1 aromatic carbocycles. The summed E-state index contributed by atoms with van der Waals surface area (Å²) < 4.78 is 10.7. The van der Waals surface area contributed by atoms with Crippen LogP contribution in [0, 0.1) is 0 Å². The van der Waals surface area contributed by atoms with Gasteiger partial charge in [-0.3, -0.25) is 4.79 Å². The lowest BCUT2D eigenvalue weighted by Gasteiger charge is -2.09. The van der Waals surface area contributed by atoms with Gasteiger partial charge in [0.05, 0.1) is 6.61 Å². The third kappa shape index (κ3) is 6.67. The first-order chi connectivity index (χ1) is 9.11. The van der Waals surface area contributed by atoms with E-state index in [4.69, 9.17) is 15.2 Å². The van der Waals surface area contributed by atoms with Gasteiger partial charge in [-0.05, 0) is 44.5 Å². The van der Waals surface area contributed by atoms with Crippen LogP contribution in [0.25, 0.3) is 0 Å². The second kappa shape index (κ2) is 8.37. The van der Waals surface area contributed by atoms with Crippen LogP contribution in [-0.4, -0.2) is 31.7 Å². The molecular weight excluding hydrogens is 244 g/mol.